The SMILES string of the molecule is CN1CCC(CNS(=O)(=O)c2cc(CO)ccc2F)CC1. The molecule has 0 bridgehead atoms. The standard InChI is InChI=1S/C14H21FN2O3S/c1-17-6-4-11(5-7-17)9-16-21(19,20)14-8-12(10-18)2-3-13(14)15/h2-3,8,11,16,18H,4-7,9-10H2,1H3. The molecule has 0 aliphatic carbocycles. The van der Waals surface area contributed by atoms with E-state index in [0.29, 0.717) is 12.1 Å². The van der Waals surface area contributed by atoms with E-state index in [4.69, 9.17) is 5.11 Å². The molecule has 1 aromatic rings. The van der Waals surface area contributed by atoms with Gasteiger partial charge in [0.2, 0.25) is 10.0 Å². The van der Waals surface area contributed by atoms with Gasteiger partial charge in [-0.1, -0.05) is 6.07 Å². The molecule has 0 radical (unpaired) electrons. The van der Waals surface area contributed by atoms with Gasteiger partial charge < -0.3 is 10.0 Å². The lowest BCUT2D eigenvalue weighted by Gasteiger charge is -2.28. The molecule has 1 heterocycles. The fraction of sp³-hybridized carbons (Fsp3) is 0.571. The number of nitrogens with zero attached hydrogens (tertiary/aromatic N) is 1. The van der Waals surface area contributed by atoms with Crippen LogP contribution in [-0.2, 0) is 16.6 Å². The van der Waals surface area contributed by atoms with Gasteiger partial charge in [0.25, 0.3) is 0 Å². The van der Waals surface area contributed by atoms with Crippen molar-refractivity contribution in [2.24, 2.45) is 5.92 Å². The molecular weight excluding hydrogens is 295 g/mol. The lowest BCUT2D eigenvalue weighted by atomic mass is 9.98. The molecule has 118 valence electrons. The number of aliphatic hydroxyl groups excluding tert-OH is 1. The van der Waals surface area contributed by atoms with Crippen molar-refractivity contribution in [3.8, 4) is 0 Å². The van der Waals surface area contributed by atoms with Crippen LogP contribution in [0.3, 0.4) is 0 Å². The first-order valence-electron chi connectivity index (χ1n) is 7.00. The zero-order chi connectivity index (χ0) is 15.5. The number of hydrogen-bond acceptors (Lipinski definition) is 4. The van der Waals surface area contributed by atoms with E-state index in [0.717, 1.165) is 32.0 Å². The summed E-state index contributed by atoms with van der Waals surface area (Å²) in [5.41, 5.74) is 0.371. The van der Waals surface area contributed by atoms with Crippen LogP contribution in [0.4, 0.5) is 4.39 Å². The normalized spacial score (nSPS) is 18.0. The highest BCUT2D eigenvalue weighted by molar-refractivity contribution is 7.89. The molecule has 2 rings (SSSR count). The van der Waals surface area contributed by atoms with Crippen LogP contribution in [0.25, 0.3) is 0 Å². The van der Waals surface area contributed by atoms with E-state index in [1.165, 1.54) is 12.1 Å². The van der Waals surface area contributed by atoms with E-state index in [1.807, 2.05) is 7.05 Å². The Bertz CT molecular complexity index is 584. The van der Waals surface area contributed by atoms with Gasteiger partial charge in [0.15, 0.2) is 0 Å². The Morgan fingerprint density at radius 3 is 2.67 bits per heavy atom. The molecule has 21 heavy (non-hydrogen) atoms. The molecule has 0 spiro atoms. The van der Waals surface area contributed by atoms with E-state index in [1.54, 1.807) is 0 Å². The largest absolute Gasteiger partial charge is 0.392 e. The fourth-order valence-corrected chi connectivity index (χ4v) is 3.67. The molecule has 1 aromatic carbocycles. The third kappa shape index (κ3) is 4.23. The molecule has 0 unspecified atom stereocenters. The highest BCUT2D eigenvalue weighted by atomic mass is 32.2. The molecule has 0 aromatic heterocycles. The highest BCUT2D eigenvalue weighted by Gasteiger charge is 2.23. The minimum Gasteiger partial charge on any atom is -0.392 e. The summed E-state index contributed by atoms with van der Waals surface area (Å²) in [6.45, 7) is 1.89. The van der Waals surface area contributed by atoms with Crippen molar-refractivity contribution in [3.05, 3.63) is 29.6 Å². The van der Waals surface area contributed by atoms with Crippen molar-refractivity contribution in [3.63, 3.8) is 0 Å². The molecule has 1 saturated heterocycles. The molecule has 0 saturated carbocycles. The molecule has 1 fully saturated rings. The molecular formula is C14H21FN2O3S. The van der Waals surface area contributed by atoms with Crippen molar-refractivity contribution in [1.82, 2.24) is 9.62 Å². The second-order valence-electron chi connectivity index (χ2n) is 5.52. The summed E-state index contributed by atoms with van der Waals surface area (Å²) in [5.74, 6) is -0.525. The van der Waals surface area contributed by atoms with E-state index in [9.17, 15) is 12.8 Å². The third-order valence-corrected chi connectivity index (χ3v) is 5.31. The average Bonchev–Trinajstić information content (AvgIpc) is 2.47. The van der Waals surface area contributed by atoms with Gasteiger partial charge in [0.1, 0.15) is 10.7 Å². The van der Waals surface area contributed by atoms with Crippen molar-refractivity contribution < 1.29 is 17.9 Å². The second kappa shape index (κ2) is 6.83. The number of nitrogens with one attached hydrogen (secondary N) is 1. The van der Waals surface area contributed by atoms with Crippen LogP contribution >= 0.6 is 0 Å². The number of benzene rings is 1. The lowest BCUT2D eigenvalue weighted by molar-refractivity contribution is 0.220. The maximum Gasteiger partial charge on any atom is 0.243 e. The number of sulfonamides is 1. The van der Waals surface area contributed by atoms with Gasteiger partial charge >= 0.3 is 0 Å². The van der Waals surface area contributed by atoms with E-state index in [2.05, 4.69) is 9.62 Å². The van der Waals surface area contributed by atoms with E-state index in [-0.39, 0.29) is 12.5 Å². The Labute approximate surface area is 124 Å². The van der Waals surface area contributed by atoms with Gasteiger partial charge in [-0.3, -0.25) is 0 Å². The van der Waals surface area contributed by atoms with Crippen LogP contribution < -0.4 is 4.72 Å². The molecule has 5 nitrogen and oxygen atoms in total. The Kier molecular flexibility index (Phi) is 5.32. The second-order valence-corrected chi connectivity index (χ2v) is 7.26. The summed E-state index contributed by atoms with van der Waals surface area (Å²) in [6, 6.07) is 3.60. The molecule has 1 aliphatic heterocycles. The Hall–Kier alpha value is -1.02. The molecule has 0 atom stereocenters. The van der Waals surface area contributed by atoms with Crippen LogP contribution in [-0.4, -0.2) is 45.1 Å². The predicted octanol–water partition coefficient (Wildman–Crippen LogP) is 0.938. The maximum atomic E-state index is 13.7. The van der Waals surface area contributed by atoms with Gasteiger partial charge in [0.05, 0.1) is 6.61 Å². The number of halogens is 1. The van der Waals surface area contributed by atoms with Gasteiger partial charge in [0, 0.05) is 6.54 Å². The zero-order valence-corrected chi connectivity index (χ0v) is 12.9. The minimum atomic E-state index is -3.89. The topological polar surface area (TPSA) is 69.6 Å². The summed E-state index contributed by atoms with van der Waals surface area (Å²) in [6.07, 6.45) is 1.86. The molecule has 2 N–H and O–H groups in total. The van der Waals surface area contributed by atoms with Crippen LogP contribution in [0.1, 0.15) is 18.4 Å². The van der Waals surface area contributed by atoms with Crippen LogP contribution in [0.5, 0.6) is 0 Å². The number of aliphatic hydroxyl groups is 1. The minimum absolute atomic E-state index is 0.278. The molecule has 7 heteroatoms. The van der Waals surface area contributed by atoms with Gasteiger partial charge in [-0.05, 0) is 56.6 Å². The van der Waals surface area contributed by atoms with Gasteiger partial charge in [-0.25, -0.2) is 17.5 Å². The number of rotatable bonds is 5. The first kappa shape index (κ1) is 16.4. The lowest BCUT2D eigenvalue weighted by Crippen LogP contribution is -2.37. The molecule has 0 amide bonds. The van der Waals surface area contributed by atoms with Crippen LogP contribution in [0, 0.1) is 11.7 Å². The third-order valence-electron chi connectivity index (χ3n) is 3.87. The zero-order valence-electron chi connectivity index (χ0n) is 12.0. The summed E-state index contributed by atoms with van der Waals surface area (Å²) in [5, 5.41) is 9.03. The van der Waals surface area contributed by atoms with Crippen molar-refractivity contribution >= 4 is 10.0 Å². The summed E-state index contributed by atoms with van der Waals surface area (Å²) >= 11 is 0. The maximum absolute atomic E-state index is 13.7. The molecule has 1 aliphatic rings. The number of likely N-dealkylation sites (tertiary alicyclic amines) is 1. The highest BCUT2D eigenvalue weighted by Crippen LogP contribution is 2.19. The van der Waals surface area contributed by atoms with Crippen molar-refractivity contribution in [2.45, 2.75) is 24.3 Å². The van der Waals surface area contributed by atoms with E-state index < -0.39 is 20.7 Å². The number of hydrogen-bond donors (Lipinski definition) is 2. The predicted molar refractivity (Wildman–Crippen MR) is 77.7 cm³/mol. The van der Waals surface area contributed by atoms with Gasteiger partial charge in [-0.2, -0.15) is 0 Å². The first-order chi connectivity index (χ1) is 9.92. The quantitative estimate of drug-likeness (QED) is 0.848. The van der Waals surface area contributed by atoms with Crippen LogP contribution in [0.2, 0.25) is 0 Å². The summed E-state index contributed by atoms with van der Waals surface area (Å²) < 4.78 is 40.6. The summed E-state index contributed by atoms with van der Waals surface area (Å²) in [7, 11) is -1.85. The summed E-state index contributed by atoms with van der Waals surface area (Å²) in [4.78, 5) is 1.80. The fourth-order valence-electron chi connectivity index (χ4n) is 2.42. The number of piperidine rings is 1. The van der Waals surface area contributed by atoms with Crippen molar-refractivity contribution in [1.29, 1.82) is 0 Å². The van der Waals surface area contributed by atoms with E-state index >= 15 is 0 Å². The smallest absolute Gasteiger partial charge is 0.243 e. The van der Waals surface area contributed by atoms with Crippen LogP contribution in [0.15, 0.2) is 23.1 Å². The Morgan fingerprint density at radius 2 is 2.05 bits per heavy atom. The Morgan fingerprint density at radius 1 is 1.38 bits per heavy atom. The Balaban J connectivity index is 2.05. The van der Waals surface area contributed by atoms with Gasteiger partial charge in [-0.15, -0.1) is 0 Å². The average molecular weight is 316 g/mol. The van der Waals surface area contributed by atoms with Crippen molar-refractivity contribution in [2.75, 3.05) is 26.7 Å². The first-order valence-corrected chi connectivity index (χ1v) is 8.48. The monoisotopic (exact) mass is 316 g/mol.